The van der Waals surface area contributed by atoms with Gasteiger partial charge in [-0.25, -0.2) is 0 Å². The van der Waals surface area contributed by atoms with Crippen LogP contribution >= 0.6 is 0 Å². The van der Waals surface area contributed by atoms with E-state index in [1.165, 1.54) is 38.5 Å². The molecule has 1 N–H and O–H groups in total. The van der Waals surface area contributed by atoms with E-state index in [-0.39, 0.29) is 6.04 Å². The van der Waals surface area contributed by atoms with Gasteiger partial charge in [0.05, 0.1) is 6.04 Å². The minimum atomic E-state index is 0.165. The van der Waals surface area contributed by atoms with Gasteiger partial charge in [-0.15, -0.1) is 0 Å². The number of carbonyl (C=O) groups is 1. The maximum absolute atomic E-state index is 13.1. The quantitative estimate of drug-likeness (QED) is 0.752. The van der Waals surface area contributed by atoms with Crippen molar-refractivity contribution in [1.82, 2.24) is 15.1 Å². The van der Waals surface area contributed by atoms with E-state index >= 15 is 0 Å². The van der Waals surface area contributed by atoms with Crippen LogP contribution in [-0.4, -0.2) is 74.2 Å². The molecule has 0 aromatic heterocycles. The third-order valence-corrected chi connectivity index (χ3v) is 6.24. The SMILES string of the molecule is COCCCC1CCN(C(=O)[C@@H]2CCCN2C2CCNCC2)CC1. The minimum absolute atomic E-state index is 0.165. The molecule has 5 nitrogen and oxygen atoms in total. The molecule has 0 unspecified atom stereocenters. The van der Waals surface area contributed by atoms with E-state index in [9.17, 15) is 4.79 Å². The lowest BCUT2D eigenvalue weighted by atomic mass is 9.92. The molecule has 0 aromatic carbocycles. The van der Waals surface area contributed by atoms with Gasteiger partial charge >= 0.3 is 0 Å². The molecule has 0 radical (unpaired) electrons. The zero-order chi connectivity index (χ0) is 16.8. The number of nitrogens with zero attached hydrogens (tertiary/aromatic N) is 2. The summed E-state index contributed by atoms with van der Waals surface area (Å²) in [5.74, 6) is 1.20. The second-order valence-electron chi connectivity index (χ2n) is 7.78. The van der Waals surface area contributed by atoms with Crippen molar-refractivity contribution in [3.63, 3.8) is 0 Å². The Morgan fingerprint density at radius 1 is 1.08 bits per heavy atom. The first-order valence-corrected chi connectivity index (χ1v) is 10.0. The monoisotopic (exact) mass is 337 g/mol. The fourth-order valence-corrected chi connectivity index (χ4v) is 4.80. The molecule has 24 heavy (non-hydrogen) atoms. The lowest BCUT2D eigenvalue weighted by molar-refractivity contribution is -0.138. The number of likely N-dealkylation sites (tertiary alicyclic amines) is 2. The first kappa shape index (κ1) is 18.2. The number of rotatable bonds is 6. The third kappa shape index (κ3) is 4.50. The standard InChI is InChI=1S/C19H35N3O2/c1-24-15-3-4-16-8-13-21(14-9-16)19(23)18-5-2-12-22(18)17-6-10-20-11-7-17/h16-18,20H,2-15H2,1H3/t18-/m0/s1. The number of methoxy groups -OCH3 is 1. The summed E-state index contributed by atoms with van der Waals surface area (Å²) in [5.41, 5.74) is 0. The van der Waals surface area contributed by atoms with Gasteiger partial charge in [-0.05, 0) is 76.9 Å². The topological polar surface area (TPSA) is 44.8 Å². The molecule has 3 saturated heterocycles. The lowest BCUT2D eigenvalue weighted by Gasteiger charge is -2.39. The molecular weight excluding hydrogens is 302 g/mol. The van der Waals surface area contributed by atoms with E-state index in [2.05, 4.69) is 15.1 Å². The van der Waals surface area contributed by atoms with Crippen molar-refractivity contribution in [2.24, 2.45) is 5.92 Å². The predicted molar refractivity (Wildman–Crippen MR) is 96.0 cm³/mol. The molecule has 3 fully saturated rings. The summed E-state index contributed by atoms with van der Waals surface area (Å²) >= 11 is 0. The fraction of sp³-hybridized carbons (Fsp3) is 0.947. The van der Waals surface area contributed by atoms with Gasteiger partial charge in [-0.2, -0.15) is 0 Å². The highest BCUT2D eigenvalue weighted by molar-refractivity contribution is 5.82. The first-order valence-electron chi connectivity index (χ1n) is 10.0. The van der Waals surface area contributed by atoms with Crippen LogP contribution in [0.15, 0.2) is 0 Å². The molecule has 1 atom stereocenters. The van der Waals surface area contributed by atoms with Crippen LogP contribution in [0.2, 0.25) is 0 Å². The van der Waals surface area contributed by atoms with E-state index in [4.69, 9.17) is 4.74 Å². The maximum Gasteiger partial charge on any atom is 0.239 e. The van der Waals surface area contributed by atoms with E-state index in [1.54, 1.807) is 7.11 Å². The Kier molecular flexibility index (Phi) is 6.93. The van der Waals surface area contributed by atoms with Crippen molar-refractivity contribution in [3.8, 4) is 0 Å². The number of nitrogens with one attached hydrogen (secondary N) is 1. The minimum Gasteiger partial charge on any atom is -0.385 e. The molecule has 3 aliphatic rings. The molecule has 0 saturated carbocycles. The Balaban J connectivity index is 1.47. The summed E-state index contributed by atoms with van der Waals surface area (Å²) in [7, 11) is 1.77. The Bertz CT molecular complexity index is 390. The molecule has 0 aliphatic carbocycles. The van der Waals surface area contributed by atoms with Gasteiger partial charge in [-0.3, -0.25) is 9.69 Å². The Hall–Kier alpha value is -0.650. The molecule has 138 valence electrons. The van der Waals surface area contributed by atoms with Crippen molar-refractivity contribution >= 4 is 5.91 Å². The first-order chi connectivity index (χ1) is 11.8. The molecular formula is C19H35N3O2. The largest absolute Gasteiger partial charge is 0.385 e. The predicted octanol–water partition coefficient (Wildman–Crippen LogP) is 1.87. The normalized spacial score (nSPS) is 27.7. The zero-order valence-electron chi connectivity index (χ0n) is 15.3. The van der Waals surface area contributed by atoms with Crippen LogP contribution in [0.25, 0.3) is 0 Å². The van der Waals surface area contributed by atoms with Gasteiger partial charge in [-0.1, -0.05) is 0 Å². The van der Waals surface area contributed by atoms with E-state index in [0.29, 0.717) is 11.9 Å². The molecule has 0 bridgehead atoms. The van der Waals surface area contributed by atoms with Crippen LogP contribution in [0.4, 0.5) is 0 Å². The van der Waals surface area contributed by atoms with E-state index in [1.807, 2.05) is 0 Å². The summed E-state index contributed by atoms with van der Waals surface area (Å²) in [6.07, 6.45) is 9.41. The van der Waals surface area contributed by atoms with Crippen LogP contribution in [0.3, 0.4) is 0 Å². The van der Waals surface area contributed by atoms with Gasteiger partial charge in [0, 0.05) is 32.8 Å². The van der Waals surface area contributed by atoms with Crippen molar-refractivity contribution in [1.29, 1.82) is 0 Å². The Morgan fingerprint density at radius 2 is 1.83 bits per heavy atom. The molecule has 3 heterocycles. The highest BCUT2D eigenvalue weighted by Crippen LogP contribution is 2.28. The number of ether oxygens (including phenoxy) is 1. The van der Waals surface area contributed by atoms with Crippen LogP contribution in [-0.2, 0) is 9.53 Å². The van der Waals surface area contributed by atoms with Gasteiger partial charge in [0.15, 0.2) is 0 Å². The Morgan fingerprint density at radius 3 is 2.54 bits per heavy atom. The van der Waals surface area contributed by atoms with Gasteiger partial charge in [0.25, 0.3) is 0 Å². The van der Waals surface area contributed by atoms with Gasteiger partial charge in [0.2, 0.25) is 5.91 Å². The maximum atomic E-state index is 13.1. The smallest absolute Gasteiger partial charge is 0.239 e. The molecule has 1 amide bonds. The van der Waals surface area contributed by atoms with Crippen molar-refractivity contribution in [2.75, 3.05) is 46.4 Å². The average Bonchev–Trinajstić information content (AvgIpc) is 3.12. The second-order valence-corrected chi connectivity index (χ2v) is 7.78. The van der Waals surface area contributed by atoms with E-state index in [0.717, 1.165) is 58.1 Å². The number of piperidine rings is 2. The Labute approximate surface area is 147 Å². The average molecular weight is 338 g/mol. The summed E-state index contributed by atoms with van der Waals surface area (Å²) in [4.78, 5) is 17.8. The molecule has 3 rings (SSSR count). The summed E-state index contributed by atoms with van der Waals surface area (Å²) < 4.78 is 5.15. The number of hydrogen-bond donors (Lipinski definition) is 1. The zero-order valence-corrected chi connectivity index (χ0v) is 15.3. The summed E-state index contributed by atoms with van der Waals surface area (Å²) in [5, 5.41) is 3.44. The third-order valence-electron chi connectivity index (χ3n) is 6.24. The molecule has 3 aliphatic heterocycles. The second kappa shape index (κ2) is 9.16. The van der Waals surface area contributed by atoms with E-state index < -0.39 is 0 Å². The van der Waals surface area contributed by atoms with Crippen molar-refractivity contribution < 1.29 is 9.53 Å². The summed E-state index contributed by atoms with van der Waals surface area (Å²) in [6, 6.07) is 0.785. The van der Waals surface area contributed by atoms with Crippen LogP contribution in [0.5, 0.6) is 0 Å². The lowest BCUT2D eigenvalue weighted by Crippen LogP contribution is -2.53. The number of carbonyl (C=O) groups excluding carboxylic acids is 1. The summed E-state index contributed by atoms with van der Waals surface area (Å²) in [6.45, 7) is 6.13. The molecule has 0 aromatic rings. The molecule has 5 heteroatoms. The van der Waals surface area contributed by atoms with Crippen LogP contribution in [0, 0.1) is 5.92 Å². The number of hydrogen-bond acceptors (Lipinski definition) is 4. The fourth-order valence-electron chi connectivity index (χ4n) is 4.80. The van der Waals surface area contributed by atoms with Crippen molar-refractivity contribution in [2.45, 2.75) is 63.5 Å². The van der Waals surface area contributed by atoms with Gasteiger partial charge < -0.3 is 15.0 Å². The highest BCUT2D eigenvalue weighted by atomic mass is 16.5. The van der Waals surface area contributed by atoms with Crippen LogP contribution < -0.4 is 5.32 Å². The van der Waals surface area contributed by atoms with Crippen molar-refractivity contribution in [3.05, 3.63) is 0 Å². The number of amides is 1. The molecule has 0 spiro atoms. The highest BCUT2D eigenvalue weighted by Gasteiger charge is 2.38. The van der Waals surface area contributed by atoms with Crippen LogP contribution in [0.1, 0.15) is 51.4 Å². The van der Waals surface area contributed by atoms with Gasteiger partial charge in [0.1, 0.15) is 0 Å².